The van der Waals surface area contributed by atoms with Crippen molar-refractivity contribution < 1.29 is 4.74 Å². The summed E-state index contributed by atoms with van der Waals surface area (Å²) in [6, 6.07) is 0. The first kappa shape index (κ1) is 13.4. The van der Waals surface area contributed by atoms with Crippen LogP contribution in [0.4, 0.5) is 0 Å². The third kappa shape index (κ3) is 2.17. The van der Waals surface area contributed by atoms with E-state index in [1.54, 1.807) is 19.3 Å². The largest absolute Gasteiger partial charge is 0.380 e. The highest BCUT2D eigenvalue weighted by molar-refractivity contribution is 5.33. The van der Waals surface area contributed by atoms with Gasteiger partial charge in [0.2, 0.25) is 0 Å². The van der Waals surface area contributed by atoms with Crippen molar-refractivity contribution >= 4 is 0 Å². The average molecular weight is 274 g/mol. The Morgan fingerprint density at radius 1 is 1.05 bits per heavy atom. The minimum absolute atomic E-state index is 0.577. The molecule has 6 aliphatic rings. The molecule has 1 saturated heterocycles. The summed E-state index contributed by atoms with van der Waals surface area (Å²) in [6.07, 6.45) is 14.6. The number of fused-ring (bicyclic) bond motifs is 1. The lowest BCUT2D eigenvalue weighted by molar-refractivity contribution is -0.120. The molecular weight excluding hydrogens is 244 g/mol. The van der Waals surface area contributed by atoms with Gasteiger partial charge in [0.05, 0.1) is 13.2 Å². The van der Waals surface area contributed by atoms with Gasteiger partial charge < -0.3 is 4.74 Å². The fraction of sp³-hybridized carbons (Fsp3) is 0.895. The van der Waals surface area contributed by atoms with Gasteiger partial charge in [-0.1, -0.05) is 30.9 Å². The van der Waals surface area contributed by atoms with Crippen LogP contribution in [0.25, 0.3) is 0 Å². The van der Waals surface area contributed by atoms with E-state index in [9.17, 15) is 0 Å². The number of hydrogen-bond donors (Lipinski definition) is 0. The van der Waals surface area contributed by atoms with Crippen molar-refractivity contribution in [3.05, 3.63) is 11.1 Å². The Hall–Kier alpha value is -0.300. The van der Waals surface area contributed by atoms with Crippen molar-refractivity contribution in [3.8, 4) is 0 Å². The quantitative estimate of drug-likeness (QED) is 0.463. The van der Waals surface area contributed by atoms with Crippen LogP contribution in [0.3, 0.4) is 0 Å². The highest BCUT2D eigenvalue weighted by atomic mass is 16.5. The van der Waals surface area contributed by atoms with Crippen LogP contribution in [-0.2, 0) is 4.74 Å². The highest BCUT2D eigenvalue weighted by Gasteiger charge is 2.47. The van der Waals surface area contributed by atoms with Crippen LogP contribution in [0, 0.1) is 23.2 Å². The molecule has 0 spiro atoms. The van der Waals surface area contributed by atoms with Crippen LogP contribution in [0.1, 0.15) is 71.1 Å². The highest BCUT2D eigenvalue weighted by Crippen LogP contribution is 2.60. The van der Waals surface area contributed by atoms with E-state index in [1.807, 2.05) is 11.1 Å². The standard InChI is InChI=1S/C19H30O/c1-2-19(12-20-13-19)7-5-3-4-6-15-8-14-9-16-11-17(10-14)18(15)16/h14,16-17H,2-13H2,1H3. The summed E-state index contributed by atoms with van der Waals surface area (Å²) in [5.74, 6) is 3.19. The number of ether oxygens (including phenoxy) is 1. The fourth-order valence-electron chi connectivity index (χ4n) is 5.51. The van der Waals surface area contributed by atoms with Gasteiger partial charge in [0.1, 0.15) is 0 Å². The van der Waals surface area contributed by atoms with E-state index in [1.165, 1.54) is 44.9 Å². The molecule has 0 aromatic rings. The molecule has 4 bridgehead atoms. The van der Waals surface area contributed by atoms with Gasteiger partial charge in [-0.25, -0.2) is 0 Å². The monoisotopic (exact) mass is 274 g/mol. The number of unbranched alkanes of at least 4 members (excludes halogenated alkanes) is 2. The molecule has 3 saturated carbocycles. The van der Waals surface area contributed by atoms with Gasteiger partial charge >= 0.3 is 0 Å². The van der Waals surface area contributed by atoms with E-state index in [2.05, 4.69) is 6.92 Å². The topological polar surface area (TPSA) is 9.23 Å². The second-order valence-corrected chi connectivity index (χ2v) is 8.14. The molecule has 1 heteroatoms. The molecule has 1 heterocycles. The van der Waals surface area contributed by atoms with Crippen molar-refractivity contribution in [1.29, 1.82) is 0 Å². The van der Waals surface area contributed by atoms with Crippen LogP contribution in [-0.4, -0.2) is 13.2 Å². The molecule has 2 unspecified atom stereocenters. The second-order valence-electron chi connectivity index (χ2n) is 8.14. The summed E-state index contributed by atoms with van der Waals surface area (Å²) >= 11 is 0. The molecule has 0 aromatic carbocycles. The zero-order valence-electron chi connectivity index (χ0n) is 13.1. The summed E-state index contributed by atoms with van der Waals surface area (Å²) < 4.78 is 5.42. The van der Waals surface area contributed by atoms with Crippen LogP contribution in [0.2, 0.25) is 0 Å². The first-order chi connectivity index (χ1) is 9.80. The van der Waals surface area contributed by atoms with E-state index in [4.69, 9.17) is 4.74 Å². The number of allylic oxidation sites excluding steroid dienone is 2. The van der Waals surface area contributed by atoms with E-state index < -0.39 is 0 Å². The van der Waals surface area contributed by atoms with E-state index in [0.717, 1.165) is 31.0 Å². The van der Waals surface area contributed by atoms with Crippen molar-refractivity contribution in [2.75, 3.05) is 13.2 Å². The lowest BCUT2D eigenvalue weighted by atomic mass is 9.51. The lowest BCUT2D eigenvalue weighted by Crippen LogP contribution is -2.42. The Balaban J connectivity index is 1.20. The maximum atomic E-state index is 5.42. The number of hydrogen-bond acceptors (Lipinski definition) is 1. The third-order valence-electron chi connectivity index (χ3n) is 6.88. The van der Waals surface area contributed by atoms with Gasteiger partial charge in [0, 0.05) is 5.41 Å². The molecule has 20 heavy (non-hydrogen) atoms. The summed E-state index contributed by atoms with van der Waals surface area (Å²) in [5, 5.41) is 0. The van der Waals surface area contributed by atoms with E-state index >= 15 is 0 Å². The SMILES string of the molecule is CCC1(CCCCCC2=C3C4CC(C2)CC3C4)COC1. The Kier molecular flexibility index (Phi) is 3.45. The van der Waals surface area contributed by atoms with Crippen molar-refractivity contribution in [3.63, 3.8) is 0 Å². The maximum Gasteiger partial charge on any atom is 0.0544 e. The van der Waals surface area contributed by atoms with Crippen LogP contribution in [0.5, 0.6) is 0 Å². The molecule has 1 nitrogen and oxygen atoms in total. The molecule has 1 aliphatic heterocycles. The summed E-state index contributed by atoms with van der Waals surface area (Å²) in [4.78, 5) is 0. The first-order valence-corrected chi connectivity index (χ1v) is 9.09. The van der Waals surface area contributed by atoms with E-state index in [0.29, 0.717) is 5.41 Å². The molecule has 4 fully saturated rings. The van der Waals surface area contributed by atoms with Gasteiger partial charge in [0.25, 0.3) is 0 Å². The van der Waals surface area contributed by atoms with Gasteiger partial charge in [-0.3, -0.25) is 0 Å². The predicted octanol–water partition coefficient (Wildman–Crippen LogP) is 5.11. The molecule has 0 N–H and O–H groups in total. The van der Waals surface area contributed by atoms with Gasteiger partial charge in [-0.15, -0.1) is 0 Å². The Morgan fingerprint density at radius 2 is 1.85 bits per heavy atom. The maximum absolute atomic E-state index is 5.42. The lowest BCUT2D eigenvalue weighted by Gasteiger charge is -2.54. The molecule has 6 rings (SSSR count). The predicted molar refractivity (Wildman–Crippen MR) is 82.6 cm³/mol. The van der Waals surface area contributed by atoms with Crippen molar-refractivity contribution in [1.82, 2.24) is 0 Å². The van der Waals surface area contributed by atoms with Gasteiger partial charge in [-0.2, -0.15) is 0 Å². The van der Waals surface area contributed by atoms with Gasteiger partial charge in [-0.05, 0) is 69.1 Å². The molecular formula is C19H30O. The van der Waals surface area contributed by atoms with Crippen LogP contribution in [0.15, 0.2) is 11.1 Å². The summed E-state index contributed by atoms with van der Waals surface area (Å²) in [5.41, 5.74) is 4.46. The van der Waals surface area contributed by atoms with E-state index in [-0.39, 0.29) is 0 Å². The molecule has 0 amide bonds. The minimum atomic E-state index is 0.577. The van der Waals surface area contributed by atoms with Crippen molar-refractivity contribution in [2.45, 2.75) is 71.1 Å². The molecule has 112 valence electrons. The zero-order valence-corrected chi connectivity index (χ0v) is 13.1. The van der Waals surface area contributed by atoms with Crippen LogP contribution >= 0.6 is 0 Å². The summed E-state index contributed by atoms with van der Waals surface area (Å²) in [6.45, 7) is 4.40. The average Bonchev–Trinajstić information content (AvgIpc) is 2.40. The molecule has 0 radical (unpaired) electrons. The van der Waals surface area contributed by atoms with Crippen LogP contribution < -0.4 is 0 Å². The minimum Gasteiger partial charge on any atom is -0.380 e. The molecule has 2 atom stereocenters. The normalized spacial score (nSPS) is 36.8. The molecule has 0 aromatic heterocycles. The Bertz CT molecular complexity index is 384. The zero-order chi connectivity index (χ0) is 13.6. The third-order valence-corrected chi connectivity index (χ3v) is 6.88. The molecule has 5 aliphatic carbocycles. The smallest absolute Gasteiger partial charge is 0.0544 e. The van der Waals surface area contributed by atoms with Crippen molar-refractivity contribution in [2.24, 2.45) is 23.2 Å². The Labute approximate surface area is 124 Å². The first-order valence-electron chi connectivity index (χ1n) is 9.09. The summed E-state index contributed by atoms with van der Waals surface area (Å²) in [7, 11) is 0. The Morgan fingerprint density at radius 3 is 2.45 bits per heavy atom. The van der Waals surface area contributed by atoms with Gasteiger partial charge in [0.15, 0.2) is 0 Å². The number of rotatable bonds is 7. The second kappa shape index (κ2) is 5.16. The fourth-order valence-corrected chi connectivity index (χ4v) is 5.51.